The first-order valence-corrected chi connectivity index (χ1v) is 22.4. The van der Waals surface area contributed by atoms with Gasteiger partial charge in [-0.25, -0.2) is 0 Å². The maximum Gasteiger partial charge on any atom is 0.309 e. The largest absolute Gasteiger partial charge is 0.463 e. The SMILES string of the molecule is O=C(OCC(O)CO)C(CC(O)CO)C(CC(O)CO)C(CC(O)CO)C(CC(O)CO)C(CC(O)CO)C(CC(O)CO)C(CC(O)CO)C(CCCCC(O)CO)CC(O)CO. The molecule has 0 saturated carbocycles. The zero-order valence-electron chi connectivity index (χ0n) is 36.9. The van der Waals surface area contributed by atoms with Gasteiger partial charge in [-0.05, 0) is 99.2 Å². The third-order valence-corrected chi connectivity index (χ3v) is 12.4. The normalized spacial score (nSPS) is 20.9. The lowest BCUT2D eigenvalue weighted by Gasteiger charge is -2.49. The first-order chi connectivity index (χ1) is 30.3. The van der Waals surface area contributed by atoms with Crippen LogP contribution in [0.1, 0.15) is 77.0 Å². The molecule has 384 valence electrons. The summed E-state index contributed by atoms with van der Waals surface area (Å²) in [6, 6.07) is 0. The first-order valence-electron chi connectivity index (χ1n) is 22.4. The van der Waals surface area contributed by atoms with Crippen molar-refractivity contribution in [2.45, 2.75) is 138 Å². The van der Waals surface area contributed by atoms with E-state index in [1.54, 1.807) is 0 Å². The van der Waals surface area contributed by atoms with E-state index in [0.717, 1.165) is 0 Å². The second-order valence-corrected chi connectivity index (χ2v) is 17.5. The highest BCUT2D eigenvalue weighted by atomic mass is 16.5. The minimum Gasteiger partial charge on any atom is -0.463 e. The summed E-state index contributed by atoms with van der Waals surface area (Å²) >= 11 is 0. The minimum absolute atomic E-state index is 0.165. The van der Waals surface area contributed by atoms with Gasteiger partial charge in [-0.15, -0.1) is 0 Å². The Morgan fingerprint density at radius 1 is 0.312 bits per heavy atom. The third-order valence-electron chi connectivity index (χ3n) is 12.4. The molecule has 64 heavy (non-hydrogen) atoms. The van der Waals surface area contributed by atoms with Crippen LogP contribution in [0, 0.1) is 47.3 Å². The molecule has 0 bridgehead atoms. The van der Waals surface area contributed by atoms with E-state index in [-0.39, 0.29) is 25.7 Å². The van der Waals surface area contributed by atoms with Crippen molar-refractivity contribution in [3.8, 4) is 0 Å². The predicted octanol–water partition coefficient (Wildman–Crippen LogP) is -6.33. The molecule has 18 atom stereocenters. The Morgan fingerprint density at radius 2 is 0.594 bits per heavy atom. The van der Waals surface area contributed by atoms with Crippen molar-refractivity contribution in [3.63, 3.8) is 0 Å². The van der Waals surface area contributed by atoms with Gasteiger partial charge in [-0.2, -0.15) is 0 Å². The fourth-order valence-electron chi connectivity index (χ4n) is 9.31. The van der Waals surface area contributed by atoms with Crippen LogP contribution in [0.3, 0.4) is 0 Å². The Labute approximate surface area is 375 Å². The molecule has 0 aromatic rings. The van der Waals surface area contributed by atoms with Crippen LogP contribution in [0.5, 0.6) is 0 Å². The number of carbonyl (C=O) groups excluding carboxylic acids is 1. The average molecular weight is 941 g/mol. The molecule has 18 unspecified atom stereocenters. The molecule has 0 amide bonds. The molecule has 0 aliphatic rings. The molecule has 20 N–H and O–H groups in total. The molecule has 0 fully saturated rings. The van der Waals surface area contributed by atoms with Crippen LogP contribution < -0.4 is 0 Å². The summed E-state index contributed by atoms with van der Waals surface area (Å²) in [5.74, 6) is -10.8. The van der Waals surface area contributed by atoms with E-state index in [9.17, 15) is 107 Å². The summed E-state index contributed by atoms with van der Waals surface area (Å²) in [5.41, 5.74) is 0. The van der Waals surface area contributed by atoms with Crippen molar-refractivity contribution < 1.29 is 112 Å². The first kappa shape index (κ1) is 62.7. The van der Waals surface area contributed by atoms with Crippen LogP contribution in [-0.4, -0.2) is 242 Å². The Kier molecular flexibility index (Phi) is 35.0. The number of esters is 1. The summed E-state index contributed by atoms with van der Waals surface area (Å²) in [5, 5.41) is 209. The highest BCUT2D eigenvalue weighted by Crippen LogP contribution is 2.50. The van der Waals surface area contributed by atoms with E-state index in [1.807, 2.05) is 0 Å². The molecule has 22 nitrogen and oxygen atoms in total. The fourth-order valence-corrected chi connectivity index (χ4v) is 9.31. The molecule has 0 rings (SSSR count). The summed E-state index contributed by atoms with van der Waals surface area (Å²) in [6.07, 6.45) is -17.7. The minimum atomic E-state index is -1.65. The lowest BCUT2D eigenvalue weighted by molar-refractivity contribution is -0.159. The number of carbonyl (C=O) groups is 1. The summed E-state index contributed by atoms with van der Waals surface area (Å²) in [6.45, 7) is -9.00. The van der Waals surface area contributed by atoms with Crippen LogP contribution in [0.4, 0.5) is 0 Å². The van der Waals surface area contributed by atoms with E-state index in [2.05, 4.69) is 0 Å². The maximum absolute atomic E-state index is 14.1. The van der Waals surface area contributed by atoms with Gasteiger partial charge in [0.15, 0.2) is 0 Å². The molecule has 0 radical (unpaired) electrons. The van der Waals surface area contributed by atoms with Crippen LogP contribution in [0.15, 0.2) is 0 Å². The topological polar surface area (TPSA) is 431 Å². The van der Waals surface area contributed by atoms with Gasteiger partial charge in [-0.1, -0.05) is 19.3 Å². The van der Waals surface area contributed by atoms with Gasteiger partial charge in [0, 0.05) is 0 Å². The Hall–Kier alpha value is -1.33. The van der Waals surface area contributed by atoms with E-state index in [0.29, 0.717) is 12.8 Å². The van der Waals surface area contributed by atoms with Gasteiger partial charge in [0.1, 0.15) is 12.7 Å². The van der Waals surface area contributed by atoms with Crippen molar-refractivity contribution in [2.24, 2.45) is 47.3 Å². The average Bonchev–Trinajstić information content (AvgIpc) is 3.30. The summed E-state index contributed by atoms with van der Waals surface area (Å²) < 4.78 is 5.31. The molecule has 0 heterocycles. The van der Waals surface area contributed by atoms with Crippen molar-refractivity contribution in [3.05, 3.63) is 0 Å². The predicted molar refractivity (Wildman–Crippen MR) is 225 cm³/mol. The number of rotatable bonds is 41. The molecule has 0 aliphatic carbocycles. The number of ether oxygens (including phenoxy) is 1. The number of aliphatic hydroxyl groups is 20. The van der Waals surface area contributed by atoms with E-state index < -0.39 is 226 Å². The van der Waals surface area contributed by atoms with Crippen LogP contribution in [0.25, 0.3) is 0 Å². The van der Waals surface area contributed by atoms with Crippen molar-refractivity contribution in [2.75, 3.05) is 72.7 Å². The lowest BCUT2D eigenvalue weighted by Crippen LogP contribution is -2.48. The van der Waals surface area contributed by atoms with Crippen LogP contribution in [0.2, 0.25) is 0 Å². The highest BCUT2D eigenvalue weighted by Gasteiger charge is 2.48. The highest BCUT2D eigenvalue weighted by molar-refractivity contribution is 5.73. The molecular formula is C42H84O22. The number of aliphatic hydroxyl groups excluding tert-OH is 20. The quantitative estimate of drug-likeness (QED) is 0.0200. The summed E-state index contributed by atoms with van der Waals surface area (Å²) in [4.78, 5) is 14.1. The van der Waals surface area contributed by atoms with Gasteiger partial charge >= 0.3 is 5.97 Å². The Balaban J connectivity index is 8.68. The molecule has 0 aromatic heterocycles. The van der Waals surface area contributed by atoms with E-state index >= 15 is 0 Å². The second-order valence-electron chi connectivity index (χ2n) is 17.5. The van der Waals surface area contributed by atoms with Gasteiger partial charge in [0.25, 0.3) is 0 Å². The lowest BCUT2D eigenvalue weighted by atomic mass is 9.57. The molecule has 0 saturated heterocycles. The van der Waals surface area contributed by atoms with Gasteiger partial charge in [0.05, 0.1) is 127 Å². The van der Waals surface area contributed by atoms with Crippen LogP contribution >= 0.6 is 0 Å². The zero-order chi connectivity index (χ0) is 48.9. The van der Waals surface area contributed by atoms with E-state index in [4.69, 9.17) is 4.74 Å². The molecule has 0 aromatic carbocycles. The fraction of sp³-hybridized carbons (Fsp3) is 0.976. The van der Waals surface area contributed by atoms with Crippen LogP contribution in [-0.2, 0) is 9.53 Å². The van der Waals surface area contributed by atoms with Crippen molar-refractivity contribution in [1.82, 2.24) is 0 Å². The molecule has 0 spiro atoms. The zero-order valence-corrected chi connectivity index (χ0v) is 36.9. The van der Waals surface area contributed by atoms with E-state index in [1.165, 1.54) is 0 Å². The second kappa shape index (κ2) is 35.8. The van der Waals surface area contributed by atoms with Crippen molar-refractivity contribution in [1.29, 1.82) is 0 Å². The van der Waals surface area contributed by atoms with Crippen molar-refractivity contribution >= 4 is 5.97 Å². The Morgan fingerprint density at radius 3 is 0.969 bits per heavy atom. The van der Waals surface area contributed by atoms with Gasteiger partial charge in [0.2, 0.25) is 0 Å². The Bertz CT molecular complexity index is 1130. The third kappa shape index (κ3) is 24.1. The number of unbranched alkanes of at least 4 members (excludes halogenated alkanes) is 1. The standard InChI is InChI=1S/C42H84O22/c43-13-25(53)4-2-1-3-24(5-26(54)14-44)35(6-27(55)15-45)36(7-28(56)16-46)37(8-29(57)17-47)38(9-30(58)18-48)39(10-31(59)19-49)40(11-32(60)20-50)41(12-33(61)21-51)42(63)64-23-34(62)22-52/h24-41,43-62H,1-23H2. The monoisotopic (exact) mass is 941 g/mol. The van der Waals surface area contributed by atoms with Gasteiger partial charge < -0.3 is 107 Å². The van der Waals surface area contributed by atoms with Gasteiger partial charge in [-0.3, -0.25) is 4.79 Å². The molecular weight excluding hydrogens is 856 g/mol. The maximum atomic E-state index is 14.1. The number of hydrogen-bond donors (Lipinski definition) is 20. The molecule has 0 aliphatic heterocycles. The molecule has 22 heteroatoms. The number of hydrogen-bond acceptors (Lipinski definition) is 22. The smallest absolute Gasteiger partial charge is 0.309 e. The summed E-state index contributed by atoms with van der Waals surface area (Å²) in [7, 11) is 0.